The van der Waals surface area contributed by atoms with Gasteiger partial charge in [-0.1, -0.05) is 42.5 Å². The van der Waals surface area contributed by atoms with Gasteiger partial charge >= 0.3 is 0 Å². The molecule has 35 heavy (non-hydrogen) atoms. The zero-order chi connectivity index (χ0) is 24.2. The standard InChI is InChI=1S/C27H28N4O3S/c1-34-22-9-7-19(8-10-22)17-28-25(32)21-11-14-30(15-12-21)27-29-23-13-16-35-24(23)26(33)31(27)18-20-5-3-2-4-6-20/h2-10,13,16,21H,11-12,14-15,17-18H2,1H3,(H,28,32). The van der Waals surface area contributed by atoms with Gasteiger partial charge in [0.1, 0.15) is 10.4 Å². The zero-order valence-electron chi connectivity index (χ0n) is 19.6. The first-order valence-electron chi connectivity index (χ1n) is 11.8. The van der Waals surface area contributed by atoms with Gasteiger partial charge in [0.2, 0.25) is 11.9 Å². The molecule has 1 N–H and O–H groups in total. The predicted molar refractivity (Wildman–Crippen MR) is 139 cm³/mol. The van der Waals surface area contributed by atoms with Crippen molar-refractivity contribution in [1.82, 2.24) is 14.9 Å². The molecule has 2 aromatic carbocycles. The van der Waals surface area contributed by atoms with Crippen LogP contribution < -0.4 is 20.5 Å². The van der Waals surface area contributed by atoms with Crippen LogP contribution in [0.3, 0.4) is 0 Å². The van der Waals surface area contributed by atoms with Crippen molar-refractivity contribution in [2.24, 2.45) is 5.92 Å². The number of rotatable bonds is 7. The second-order valence-corrected chi connectivity index (χ2v) is 9.67. The van der Waals surface area contributed by atoms with Gasteiger partial charge in [-0.05, 0) is 47.5 Å². The van der Waals surface area contributed by atoms with Crippen LogP contribution in [-0.4, -0.2) is 35.7 Å². The largest absolute Gasteiger partial charge is 0.497 e. The number of piperidine rings is 1. The lowest BCUT2D eigenvalue weighted by molar-refractivity contribution is -0.125. The number of thiophene rings is 1. The summed E-state index contributed by atoms with van der Waals surface area (Å²) in [5.74, 6) is 1.50. The molecular formula is C27H28N4O3S. The Morgan fingerprint density at radius 3 is 2.51 bits per heavy atom. The van der Waals surface area contributed by atoms with Crippen LogP contribution in [0.1, 0.15) is 24.0 Å². The highest BCUT2D eigenvalue weighted by atomic mass is 32.1. The van der Waals surface area contributed by atoms with Crippen molar-refractivity contribution in [2.45, 2.75) is 25.9 Å². The Morgan fingerprint density at radius 1 is 1.06 bits per heavy atom. The van der Waals surface area contributed by atoms with Crippen LogP contribution in [-0.2, 0) is 17.9 Å². The number of hydrogen-bond donors (Lipinski definition) is 1. The van der Waals surface area contributed by atoms with E-state index in [9.17, 15) is 9.59 Å². The minimum Gasteiger partial charge on any atom is -0.497 e. The van der Waals surface area contributed by atoms with E-state index in [0.29, 0.717) is 36.8 Å². The molecule has 1 saturated heterocycles. The number of nitrogens with zero attached hydrogens (tertiary/aromatic N) is 3. The highest BCUT2D eigenvalue weighted by Gasteiger charge is 2.27. The smallest absolute Gasteiger partial charge is 0.273 e. The van der Waals surface area contributed by atoms with E-state index < -0.39 is 0 Å². The molecule has 8 heteroatoms. The van der Waals surface area contributed by atoms with Crippen LogP contribution in [0.25, 0.3) is 10.2 Å². The molecular weight excluding hydrogens is 460 g/mol. The average molecular weight is 489 g/mol. The molecule has 2 aromatic heterocycles. The van der Waals surface area contributed by atoms with Crippen molar-refractivity contribution in [3.8, 4) is 5.75 Å². The quantitative estimate of drug-likeness (QED) is 0.425. The minimum atomic E-state index is -0.0522. The Balaban J connectivity index is 1.28. The van der Waals surface area contributed by atoms with E-state index in [-0.39, 0.29) is 17.4 Å². The third-order valence-corrected chi connectivity index (χ3v) is 7.40. The number of ether oxygens (including phenoxy) is 1. The Labute approximate surface area is 208 Å². The molecule has 1 aliphatic rings. The van der Waals surface area contributed by atoms with Crippen LogP contribution in [0.15, 0.2) is 70.8 Å². The van der Waals surface area contributed by atoms with Gasteiger partial charge < -0.3 is 15.0 Å². The van der Waals surface area contributed by atoms with Gasteiger partial charge in [0.25, 0.3) is 5.56 Å². The normalized spacial score (nSPS) is 14.3. The van der Waals surface area contributed by atoms with Gasteiger partial charge in [-0.2, -0.15) is 0 Å². The van der Waals surface area contributed by atoms with Gasteiger partial charge in [-0.25, -0.2) is 4.98 Å². The molecule has 1 aliphatic heterocycles. The number of benzene rings is 2. The van der Waals surface area contributed by atoms with E-state index in [2.05, 4.69) is 10.2 Å². The highest BCUT2D eigenvalue weighted by molar-refractivity contribution is 7.17. The van der Waals surface area contributed by atoms with E-state index >= 15 is 0 Å². The van der Waals surface area contributed by atoms with E-state index in [1.807, 2.05) is 66.0 Å². The first-order chi connectivity index (χ1) is 17.1. The molecule has 180 valence electrons. The van der Waals surface area contributed by atoms with Crippen LogP contribution in [0.4, 0.5) is 5.95 Å². The Bertz CT molecular complexity index is 1360. The van der Waals surface area contributed by atoms with Crippen LogP contribution in [0.5, 0.6) is 5.75 Å². The number of carbonyl (C=O) groups is 1. The van der Waals surface area contributed by atoms with Crippen molar-refractivity contribution >= 4 is 33.4 Å². The lowest BCUT2D eigenvalue weighted by Gasteiger charge is -2.33. The molecule has 0 radical (unpaired) electrons. The number of hydrogen-bond acceptors (Lipinski definition) is 6. The highest BCUT2D eigenvalue weighted by Crippen LogP contribution is 2.25. The summed E-state index contributed by atoms with van der Waals surface area (Å²) in [5.41, 5.74) is 2.82. The molecule has 4 aromatic rings. The molecule has 0 saturated carbocycles. The van der Waals surface area contributed by atoms with Crippen LogP contribution >= 0.6 is 11.3 Å². The number of carbonyl (C=O) groups excluding carboxylic acids is 1. The summed E-state index contributed by atoms with van der Waals surface area (Å²) >= 11 is 1.43. The number of nitrogens with one attached hydrogen (secondary N) is 1. The zero-order valence-corrected chi connectivity index (χ0v) is 20.5. The monoisotopic (exact) mass is 488 g/mol. The molecule has 1 amide bonds. The van der Waals surface area contributed by atoms with Crippen molar-refractivity contribution in [1.29, 1.82) is 0 Å². The molecule has 7 nitrogen and oxygen atoms in total. The molecule has 0 aliphatic carbocycles. The number of aromatic nitrogens is 2. The van der Waals surface area contributed by atoms with Gasteiger partial charge in [0, 0.05) is 25.6 Å². The summed E-state index contributed by atoms with van der Waals surface area (Å²) in [6.45, 7) is 2.32. The molecule has 5 rings (SSSR count). The number of anilines is 1. The van der Waals surface area contributed by atoms with E-state index in [1.54, 1.807) is 11.7 Å². The summed E-state index contributed by atoms with van der Waals surface area (Å²) in [6.07, 6.45) is 1.44. The summed E-state index contributed by atoms with van der Waals surface area (Å²) < 4.78 is 7.64. The second-order valence-electron chi connectivity index (χ2n) is 8.75. The van der Waals surface area contributed by atoms with Gasteiger partial charge in [0.05, 0.1) is 19.2 Å². The molecule has 0 bridgehead atoms. The van der Waals surface area contributed by atoms with Gasteiger partial charge in [-0.15, -0.1) is 11.3 Å². The van der Waals surface area contributed by atoms with E-state index in [4.69, 9.17) is 9.72 Å². The Kier molecular flexibility index (Phi) is 6.81. The molecule has 0 unspecified atom stereocenters. The molecule has 0 spiro atoms. The van der Waals surface area contributed by atoms with Crippen LogP contribution in [0, 0.1) is 5.92 Å². The maximum Gasteiger partial charge on any atom is 0.273 e. The topological polar surface area (TPSA) is 76.5 Å². The first-order valence-corrected chi connectivity index (χ1v) is 12.7. The Morgan fingerprint density at radius 2 is 1.80 bits per heavy atom. The maximum atomic E-state index is 13.3. The number of methoxy groups -OCH3 is 1. The summed E-state index contributed by atoms with van der Waals surface area (Å²) in [4.78, 5) is 33.2. The third kappa shape index (κ3) is 5.07. The molecule has 3 heterocycles. The van der Waals surface area contributed by atoms with Gasteiger partial charge in [-0.3, -0.25) is 14.2 Å². The predicted octanol–water partition coefficient (Wildman–Crippen LogP) is 4.05. The van der Waals surface area contributed by atoms with E-state index in [1.165, 1.54) is 11.3 Å². The third-order valence-electron chi connectivity index (χ3n) is 6.50. The molecule has 0 atom stereocenters. The fourth-order valence-electron chi connectivity index (χ4n) is 4.50. The van der Waals surface area contributed by atoms with Crippen molar-refractivity contribution in [3.05, 3.63) is 87.5 Å². The average Bonchev–Trinajstić information content (AvgIpc) is 3.39. The summed E-state index contributed by atoms with van der Waals surface area (Å²) in [7, 11) is 1.64. The first kappa shape index (κ1) is 23.1. The van der Waals surface area contributed by atoms with Crippen molar-refractivity contribution < 1.29 is 9.53 Å². The summed E-state index contributed by atoms with van der Waals surface area (Å²) in [6, 6.07) is 19.6. The number of fused-ring (bicyclic) bond motifs is 1. The van der Waals surface area contributed by atoms with E-state index in [0.717, 1.165) is 35.2 Å². The van der Waals surface area contributed by atoms with Crippen molar-refractivity contribution in [2.75, 3.05) is 25.1 Å². The lowest BCUT2D eigenvalue weighted by atomic mass is 9.96. The fourth-order valence-corrected chi connectivity index (χ4v) is 5.28. The van der Waals surface area contributed by atoms with Crippen molar-refractivity contribution in [3.63, 3.8) is 0 Å². The number of amides is 1. The fraction of sp³-hybridized carbons (Fsp3) is 0.296. The lowest BCUT2D eigenvalue weighted by Crippen LogP contribution is -2.42. The minimum absolute atomic E-state index is 0.0109. The second kappa shape index (κ2) is 10.3. The Hall–Kier alpha value is -3.65. The SMILES string of the molecule is COc1ccc(CNC(=O)C2CCN(c3nc4ccsc4c(=O)n3Cc3ccccc3)CC2)cc1. The van der Waals surface area contributed by atoms with Crippen LogP contribution in [0.2, 0.25) is 0 Å². The molecule has 1 fully saturated rings. The summed E-state index contributed by atoms with van der Waals surface area (Å²) in [5, 5.41) is 4.98. The van der Waals surface area contributed by atoms with Gasteiger partial charge in [0.15, 0.2) is 0 Å². The maximum absolute atomic E-state index is 13.3.